The van der Waals surface area contributed by atoms with Crippen LogP contribution in [0, 0.1) is 0 Å². The van der Waals surface area contributed by atoms with Crippen LogP contribution in [0.5, 0.6) is 0 Å². The number of halogens is 3. The van der Waals surface area contributed by atoms with E-state index < -0.39 is 12.2 Å². The number of furan rings is 1. The molecule has 1 amide bonds. The lowest BCUT2D eigenvalue weighted by molar-refractivity contribution is -0.181. The van der Waals surface area contributed by atoms with Crippen LogP contribution in [0.3, 0.4) is 0 Å². The quantitative estimate of drug-likeness (QED) is 0.575. The first kappa shape index (κ1) is 22.1. The van der Waals surface area contributed by atoms with E-state index in [4.69, 9.17) is 4.42 Å². The maximum Gasteiger partial charge on any atom is 0.403 e. The van der Waals surface area contributed by atoms with Crippen LogP contribution in [0.25, 0.3) is 0 Å². The first-order valence-electron chi connectivity index (χ1n) is 9.25. The Hall–Kier alpha value is -2.23. The van der Waals surface area contributed by atoms with E-state index in [1.54, 1.807) is 26.4 Å². The molecule has 1 aliphatic heterocycles. The average molecular weight is 403 g/mol. The zero-order chi connectivity index (χ0) is 20.7. The molecule has 1 N–H and O–H groups in total. The van der Waals surface area contributed by atoms with E-state index in [1.807, 2.05) is 11.0 Å². The number of carbonyl (C=O) groups excluding carboxylic acids is 1. The number of likely N-dealkylation sites (N-methyl/N-ethyl adjacent to an activating group) is 1. The number of hydrogen-bond acceptors (Lipinski definition) is 4. The zero-order valence-corrected chi connectivity index (χ0v) is 16.5. The van der Waals surface area contributed by atoms with Crippen LogP contribution in [-0.2, 0) is 11.2 Å². The van der Waals surface area contributed by atoms with Crippen molar-refractivity contribution in [2.75, 3.05) is 53.4 Å². The Morgan fingerprint density at radius 1 is 1.32 bits per heavy atom. The fourth-order valence-electron chi connectivity index (χ4n) is 2.83. The summed E-state index contributed by atoms with van der Waals surface area (Å²) in [5.74, 6) is 1.20. The number of rotatable bonds is 6. The maximum atomic E-state index is 12.9. The molecule has 1 fully saturated rings. The van der Waals surface area contributed by atoms with Crippen molar-refractivity contribution in [1.82, 2.24) is 20.0 Å². The fourth-order valence-corrected chi connectivity index (χ4v) is 2.83. The molecule has 1 aromatic rings. The number of nitrogens with zero attached hydrogens (tertiary/aromatic N) is 4. The number of aliphatic imine (C=N–C) groups is 1. The lowest BCUT2D eigenvalue weighted by Gasteiger charge is -2.39. The number of nitrogens with one attached hydrogen (secondary N) is 1. The Morgan fingerprint density at radius 3 is 2.54 bits per heavy atom. The van der Waals surface area contributed by atoms with E-state index >= 15 is 0 Å². The molecular weight excluding hydrogens is 375 g/mol. The predicted molar refractivity (Wildman–Crippen MR) is 100 cm³/mol. The molecule has 2 rings (SSSR count). The molecule has 0 spiro atoms. The van der Waals surface area contributed by atoms with E-state index in [1.165, 1.54) is 16.7 Å². The van der Waals surface area contributed by atoms with Gasteiger partial charge in [-0.2, -0.15) is 13.2 Å². The Labute approximate surface area is 163 Å². The van der Waals surface area contributed by atoms with Crippen molar-refractivity contribution < 1.29 is 22.4 Å². The first-order chi connectivity index (χ1) is 13.2. The summed E-state index contributed by atoms with van der Waals surface area (Å²) in [5, 5.41) is 3.20. The molecule has 0 aromatic carbocycles. The second kappa shape index (κ2) is 9.81. The minimum Gasteiger partial charge on any atom is -0.469 e. The molecule has 0 saturated carbocycles. The van der Waals surface area contributed by atoms with Gasteiger partial charge in [0.25, 0.3) is 0 Å². The van der Waals surface area contributed by atoms with Crippen molar-refractivity contribution in [3.05, 3.63) is 24.2 Å². The first-order valence-corrected chi connectivity index (χ1v) is 9.25. The summed E-state index contributed by atoms with van der Waals surface area (Å²) in [6.07, 6.45) is -2.00. The predicted octanol–water partition coefficient (Wildman–Crippen LogP) is 1.42. The largest absolute Gasteiger partial charge is 0.469 e. The third-order valence-corrected chi connectivity index (χ3v) is 4.73. The summed E-state index contributed by atoms with van der Waals surface area (Å²) in [4.78, 5) is 21.0. The second-order valence-corrected chi connectivity index (χ2v) is 6.92. The second-order valence-electron chi connectivity index (χ2n) is 6.92. The third-order valence-electron chi connectivity index (χ3n) is 4.73. The summed E-state index contributed by atoms with van der Waals surface area (Å²) in [6, 6.07) is 2.20. The van der Waals surface area contributed by atoms with Crippen LogP contribution < -0.4 is 5.32 Å². The van der Waals surface area contributed by atoms with Crippen LogP contribution in [0.1, 0.15) is 12.7 Å². The standard InChI is InChI=1S/C18H28F3N5O2/c1-14(18(19,20)21)25-8-10-26(11-9-25)17(23-13-16(27)24(2)3)22-7-6-15-5-4-12-28-15/h4-5,12,14H,6-11,13H2,1-3H3,(H,22,23). The normalized spacial score (nSPS) is 17.5. The SMILES string of the molecule is CC(N1CCN(C(=NCC(=O)N(C)C)NCCc2ccco2)CC1)C(F)(F)F. The van der Waals surface area contributed by atoms with Gasteiger partial charge in [0.05, 0.1) is 6.26 Å². The highest BCUT2D eigenvalue weighted by molar-refractivity contribution is 5.84. The third kappa shape index (κ3) is 6.43. The molecule has 28 heavy (non-hydrogen) atoms. The van der Waals surface area contributed by atoms with Crippen LogP contribution in [0.15, 0.2) is 27.8 Å². The molecule has 1 unspecified atom stereocenters. The number of amides is 1. The molecule has 0 bridgehead atoms. The van der Waals surface area contributed by atoms with Gasteiger partial charge in [-0.25, -0.2) is 4.99 Å². The molecule has 158 valence electrons. The summed E-state index contributed by atoms with van der Waals surface area (Å²) in [6.45, 7) is 3.08. The van der Waals surface area contributed by atoms with E-state index in [9.17, 15) is 18.0 Å². The van der Waals surface area contributed by atoms with E-state index in [0.29, 0.717) is 32.0 Å². The summed E-state index contributed by atoms with van der Waals surface area (Å²) in [7, 11) is 3.30. The van der Waals surface area contributed by atoms with E-state index in [0.717, 1.165) is 5.76 Å². The minimum absolute atomic E-state index is 0.0186. The number of piperazine rings is 1. The fraction of sp³-hybridized carbons (Fsp3) is 0.667. The molecule has 1 aromatic heterocycles. The van der Waals surface area contributed by atoms with E-state index in [-0.39, 0.29) is 25.5 Å². The Kier molecular flexibility index (Phi) is 7.73. The van der Waals surface area contributed by atoms with Gasteiger partial charge >= 0.3 is 6.18 Å². The Balaban J connectivity index is 1.96. The van der Waals surface area contributed by atoms with Crippen LogP contribution in [0.2, 0.25) is 0 Å². The minimum atomic E-state index is -4.24. The average Bonchev–Trinajstić information content (AvgIpc) is 3.16. The summed E-state index contributed by atoms with van der Waals surface area (Å²) < 4.78 is 44.1. The summed E-state index contributed by atoms with van der Waals surface area (Å²) >= 11 is 0. The molecule has 2 heterocycles. The van der Waals surface area contributed by atoms with Gasteiger partial charge in [-0.3, -0.25) is 9.69 Å². The number of alkyl halides is 3. The topological polar surface area (TPSA) is 64.3 Å². The van der Waals surface area contributed by atoms with Gasteiger partial charge in [0.15, 0.2) is 5.96 Å². The maximum absolute atomic E-state index is 12.9. The van der Waals surface area contributed by atoms with Crippen LogP contribution >= 0.6 is 0 Å². The van der Waals surface area contributed by atoms with Gasteiger partial charge in [-0.05, 0) is 19.1 Å². The molecule has 7 nitrogen and oxygen atoms in total. The Bertz CT molecular complexity index is 638. The van der Waals surface area contributed by atoms with Crippen LogP contribution in [0.4, 0.5) is 13.2 Å². The molecule has 0 aliphatic carbocycles. The van der Waals surface area contributed by atoms with Crippen molar-refractivity contribution in [3.63, 3.8) is 0 Å². The zero-order valence-electron chi connectivity index (χ0n) is 16.5. The molecular formula is C18H28F3N5O2. The van der Waals surface area contributed by atoms with Gasteiger partial charge in [0.2, 0.25) is 5.91 Å². The molecule has 0 radical (unpaired) electrons. The van der Waals surface area contributed by atoms with Crippen molar-refractivity contribution in [1.29, 1.82) is 0 Å². The monoisotopic (exact) mass is 403 g/mol. The smallest absolute Gasteiger partial charge is 0.403 e. The van der Waals surface area contributed by atoms with Gasteiger partial charge in [0.1, 0.15) is 18.3 Å². The summed E-state index contributed by atoms with van der Waals surface area (Å²) in [5.41, 5.74) is 0. The highest BCUT2D eigenvalue weighted by Gasteiger charge is 2.41. The highest BCUT2D eigenvalue weighted by Crippen LogP contribution is 2.25. The molecule has 1 atom stereocenters. The van der Waals surface area contributed by atoms with Crippen molar-refractivity contribution in [2.45, 2.75) is 25.6 Å². The van der Waals surface area contributed by atoms with E-state index in [2.05, 4.69) is 10.3 Å². The van der Waals surface area contributed by atoms with Crippen molar-refractivity contribution in [2.24, 2.45) is 4.99 Å². The van der Waals surface area contributed by atoms with Crippen LogP contribution in [-0.4, -0.2) is 92.1 Å². The number of hydrogen-bond donors (Lipinski definition) is 1. The Morgan fingerprint density at radius 2 is 2.00 bits per heavy atom. The van der Waals surface area contributed by atoms with Gasteiger partial charge in [0, 0.05) is 53.2 Å². The van der Waals surface area contributed by atoms with Gasteiger partial charge in [-0.1, -0.05) is 0 Å². The van der Waals surface area contributed by atoms with Gasteiger partial charge in [-0.15, -0.1) is 0 Å². The highest BCUT2D eigenvalue weighted by atomic mass is 19.4. The number of carbonyl (C=O) groups is 1. The lowest BCUT2D eigenvalue weighted by atomic mass is 10.2. The van der Waals surface area contributed by atoms with Crippen molar-refractivity contribution in [3.8, 4) is 0 Å². The lowest BCUT2D eigenvalue weighted by Crippen LogP contribution is -2.57. The van der Waals surface area contributed by atoms with Crippen molar-refractivity contribution >= 4 is 11.9 Å². The molecule has 1 saturated heterocycles. The van der Waals surface area contributed by atoms with Gasteiger partial charge < -0.3 is 19.5 Å². The molecule has 1 aliphatic rings. The number of guanidine groups is 1. The molecule has 10 heteroatoms.